The van der Waals surface area contributed by atoms with Crippen molar-refractivity contribution in [3.8, 4) is 0 Å². The Labute approximate surface area is 111 Å². The molecule has 1 fully saturated rings. The zero-order valence-corrected chi connectivity index (χ0v) is 12.2. The number of pyridine rings is 1. The molecule has 1 N–H and O–H groups in total. The fourth-order valence-electron chi connectivity index (χ4n) is 2.19. The minimum absolute atomic E-state index is 0.0346. The monoisotopic (exact) mass is 298 g/mol. The van der Waals surface area contributed by atoms with Gasteiger partial charge in [0, 0.05) is 18.8 Å². The van der Waals surface area contributed by atoms with Crippen molar-refractivity contribution in [1.82, 2.24) is 4.98 Å². The molecule has 1 aliphatic rings. The molecule has 1 aromatic heterocycles. The number of rotatable bonds is 2. The number of aromatic nitrogens is 1. The molecule has 1 aromatic rings. The van der Waals surface area contributed by atoms with Crippen molar-refractivity contribution in [2.24, 2.45) is 0 Å². The maximum absolute atomic E-state index is 5.71. The predicted octanol–water partition coefficient (Wildman–Crippen LogP) is 3.52. The molecule has 2 rings (SSSR count). The first-order valence-corrected chi connectivity index (χ1v) is 6.78. The molecule has 0 bridgehead atoms. The second-order valence-electron chi connectivity index (χ2n) is 5.29. The summed E-state index contributed by atoms with van der Waals surface area (Å²) in [6.45, 7) is 7.13. The summed E-state index contributed by atoms with van der Waals surface area (Å²) in [6, 6.07) is 2.52. The molecule has 0 amide bonds. The molecule has 1 aliphatic heterocycles. The standard InChI is InChI=1S/C13H19BrN2O/c1-9-6-11(14)12(15-8-9)16-10-4-5-17-13(2,3)7-10/h6,8,10H,4-5,7H2,1-3H3,(H,15,16). The Bertz CT molecular complexity index is 406. The molecule has 1 saturated heterocycles. The summed E-state index contributed by atoms with van der Waals surface area (Å²) in [7, 11) is 0. The van der Waals surface area contributed by atoms with Crippen molar-refractivity contribution in [3.05, 3.63) is 22.3 Å². The van der Waals surface area contributed by atoms with E-state index < -0.39 is 0 Å². The van der Waals surface area contributed by atoms with E-state index in [0.717, 1.165) is 35.3 Å². The molecule has 4 heteroatoms. The first kappa shape index (κ1) is 12.8. The average molecular weight is 299 g/mol. The van der Waals surface area contributed by atoms with Crippen molar-refractivity contribution in [2.45, 2.75) is 45.3 Å². The number of nitrogens with one attached hydrogen (secondary N) is 1. The van der Waals surface area contributed by atoms with E-state index in [1.54, 1.807) is 0 Å². The topological polar surface area (TPSA) is 34.2 Å². The Balaban J connectivity index is 2.05. The highest BCUT2D eigenvalue weighted by atomic mass is 79.9. The van der Waals surface area contributed by atoms with Crippen molar-refractivity contribution in [2.75, 3.05) is 11.9 Å². The molecule has 17 heavy (non-hydrogen) atoms. The van der Waals surface area contributed by atoms with Gasteiger partial charge in [-0.25, -0.2) is 4.98 Å². The lowest BCUT2D eigenvalue weighted by molar-refractivity contribution is -0.0553. The lowest BCUT2D eigenvalue weighted by atomic mass is 9.94. The zero-order chi connectivity index (χ0) is 12.5. The summed E-state index contributed by atoms with van der Waals surface area (Å²) >= 11 is 3.55. The highest BCUT2D eigenvalue weighted by Crippen LogP contribution is 2.28. The van der Waals surface area contributed by atoms with Gasteiger partial charge in [-0.3, -0.25) is 0 Å². The Morgan fingerprint density at radius 2 is 2.29 bits per heavy atom. The van der Waals surface area contributed by atoms with Crippen LogP contribution in [0.5, 0.6) is 0 Å². The quantitative estimate of drug-likeness (QED) is 0.907. The van der Waals surface area contributed by atoms with Crippen molar-refractivity contribution in [3.63, 3.8) is 0 Å². The van der Waals surface area contributed by atoms with Crippen LogP contribution in [0.2, 0.25) is 0 Å². The molecule has 0 aromatic carbocycles. The van der Waals surface area contributed by atoms with Gasteiger partial charge in [-0.1, -0.05) is 0 Å². The molecular formula is C13H19BrN2O. The Morgan fingerprint density at radius 3 is 2.94 bits per heavy atom. The molecule has 0 saturated carbocycles. The zero-order valence-electron chi connectivity index (χ0n) is 10.6. The van der Waals surface area contributed by atoms with E-state index in [1.807, 2.05) is 13.1 Å². The predicted molar refractivity (Wildman–Crippen MR) is 73.3 cm³/mol. The summed E-state index contributed by atoms with van der Waals surface area (Å²) in [5, 5.41) is 3.49. The highest BCUT2D eigenvalue weighted by molar-refractivity contribution is 9.10. The van der Waals surface area contributed by atoms with Crippen molar-refractivity contribution < 1.29 is 4.74 Å². The Morgan fingerprint density at radius 1 is 1.53 bits per heavy atom. The van der Waals surface area contributed by atoms with Crippen LogP contribution in [0, 0.1) is 6.92 Å². The van der Waals surface area contributed by atoms with Gasteiger partial charge in [0.1, 0.15) is 5.82 Å². The number of halogens is 1. The first-order chi connectivity index (χ1) is 7.96. The number of anilines is 1. The lowest BCUT2D eigenvalue weighted by Gasteiger charge is -2.36. The number of hydrogen-bond donors (Lipinski definition) is 1. The third-order valence-corrected chi connectivity index (χ3v) is 3.62. The van der Waals surface area contributed by atoms with Crippen LogP contribution in [0.25, 0.3) is 0 Å². The molecular weight excluding hydrogens is 280 g/mol. The molecule has 0 aliphatic carbocycles. The summed E-state index contributed by atoms with van der Waals surface area (Å²) in [6.07, 6.45) is 3.93. The fourth-order valence-corrected chi connectivity index (χ4v) is 2.77. The summed E-state index contributed by atoms with van der Waals surface area (Å²) in [4.78, 5) is 4.42. The van der Waals surface area contributed by atoms with Crippen LogP contribution < -0.4 is 5.32 Å². The molecule has 1 unspecified atom stereocenters. The van der Waals surface area contributed by atoms with E-state index in [9.17, 15) is 0 Å². The summed E-state index contributed by atoms with van der Waals surface area (Å²) in [5.74, 6) is 0.929. The number of aryl methyl sites for hydroxylation is 1. The molecule has 1 atom stereocenters. The smallest absolute Gasteiger partial charge is 0.140 e. The third kappa shape index (κ3) is 3.42. The van der Waals surface area contributed by atoms with Gasteiger partial charge in [0.2, 0.25) is 0 Å². The second kappa shape index (κ2) is 4.94. The van der Waals surface area contributed by atoms with Gasteiger partial charge in [-0.2, -0.15) is 0 Å². The minimum atomic E-state index is -0.0346. The Hall–Kier alpha value is -0.610. The van der Waals surface area contributed by atoms with Crippen LogP contribution in [-0.4, -0.2) is 23.2 Å². The summed E-state index contributed by atoms with van der Waals surface area (Å²) in [5.41, 5.74) is 1.13. The van der Waals surface area contributed by atoms with E-state index in [1.165, 1.54) is 0 Å². The highest BCUT2D eigenvalue weighted by Gasteiger charge is 2.29. The maximum Gasteiger partial charge on any atom is 0.140 e. The van der Waals surface area contributed by atoms with Gasteiger partial charge in [0.25, 0.3) is 0 Å². The SMILES string of the molecule is Cc1cnc(NC2CCOC(C)(C)C2)c(Br)c1. The second-order valence-corrected chi connectivity index (χ2v) is 6.14. The van der Waals surface area contributed by atoms with Crippen LogP contribution in [0.1, 0.15) is 32.3 Å². The van der Waals surface area contributed by atoms with Gasteiger partial charge < -0.3 is 10.1 Å². The van der Waals surface area contributed by atoms with E-state index in [2.05, 4.69) is 46.1 Å². The molecule has 0 radical (unpaired) electrons. The van der Waals surface area contributed by atoms with E-state index in [0.29, 0.717) is 6.04 Å². The van der Waals surface area contributed by atoms with Gasteiger partial charge >= 0.3 is 0 Å². The summed E-state index contributed by atoms with van der Waals surface area (Å²) < 4.78 is 6.74. The van der Waals surface area contributed by atoms with Crippen molar-refractivity contribution >= 4 is 21.7 Å². The van der Waals surface area contributed by atoms with Crippen LogP contribution in [-0.2, 0) is 4.74 Å². The van der Waals surface area contributed by atoms with Gasteiger partial charge in [-0.05, 0) is 61.2 Å². The van der Waals surface area contributed by atoms with Gasteiger partial charge in [0.05, 0.1) is 10.1 Å². The number of nitrogens with zero attached hydrogens (tertiary/aromatic N) is 1. The number of ether oxygens (including phenoxy) is 1. The Kier molecular flexibility index (Phi) is 3.73. The minimum Gasteiger partial charge on any atom is -0.375 e. The number of hydrogen-bond acceptors (Lipinski definition) is 3. The average Bonchev–Trinajstić information content (AvgIpc) is 2.21. The molecule has 0 spiro atoms. The van der Waals surface area contributed by atoms with Crippen LogP contribution in [0.15, 0.2) is 16.7 Å². The van der Waals surface area contributed by atoms with Crippen LogP contribution >= 0.6 is 15.9 Å². The van der Waals surface area contributed by atoms with Gasteiger partial charge in [-0.15, -0.1) is 0 Å². The largest absolute Gasteiger partial charge is 0.375 e. The maximum atomic E-state index is 5.71. The molecule has 3 nitrogen and oxygen atoms in total. The van der Waals surface area contributed by atoms with Crippen LogP contribution in [0.4, 0.5) is 5.82 Å². The fraction of sp³-hybridized carbons (Fsp3) is 0.615. The van der Waals surface area contributed by atoms with E-state index in [-0.39, 0.29) is 5.60 Å². The van der Waals surface area contributed by atoms with E-state index >= 15 is 0 Å². The molecule has 94 valence electrons. The third-order valence-electron chi connectivity index (χ3n) is 3.02. The van der Waals surface area contributed by atoms with Crippen molar-refractivity contribution in [1.29, 1.82) is 0 Å². The first-order valence-electron chi connectivity index (χ1n) is 5.99. The normalized spacial score (nSPS) is 23.4. The van der Waals surface area contributed by atoms with Gasteiger partial charge in [0.15, 0.2) is 0 Å². The molecule has 2 heterocycles. The van der Waals surface area contributed by atoms with Crippen LogP contribution in [0.3, 0.4) is 0 Å². The van der Waals surface area contributed by atoms with E-state index in [4.69, 9.17) is 4.74 Å². The lowest BCUT2D eigenvalue weighted by Crippen LogP contribution is -2.40.